The molecule has 1 saturated carbocycles. The summed E-state index contributed by atoms with van der Waals surface area (Å²) in [5.41, 5.74) is 1.21. The molecule has 0 radical (unpaired) electrons. The smallest absolute Gasteiger partial charge is 0.237 e. The number of hydrogen-bond acceptors (Lipinski definition) is 2. The van der Waals surface area contributed by atoms with Gasteiger partial charge in [0.1, 0.15) is 0 Å². The molecule has 1 fully saturated rings. The van der Waals surface area contributed by atoms with Gasteiger partial charge in [0.25, 0.3) is 0 Å². The fourth-order valence-corrected chi connectivity index (χ4v) is 2.58. The van der Waals surface area contributed by atoms with Gasteiger partial charge in [-0.2, -0.15) is 0 Å². The Hall–Kier alpha value is -1.87. The minimum Gasteiger partial charge on any atom is -0.352 e. The van der Waals surface area contributed by atoms with E-state index in [1.54, 1.807) is 0 Å². The van der Waals surface area contributed by atoms with Crippen LogP contribution in [0.25, 0.3) is 10.8 Å². The highest BCUT2D eigenvalue weighted by Crippen LogP contribution is 2.21. The zero-order valence-corrected chi connectivity index (χ0v) is 12.6. The Labute approximate surface area is 125 Å². The molecule has 0 aliphatic heterocycles. The summed E-state index contributed by atoms with van der Waals surface area (Å²) >= 11 is 0. The van der Waals surface area contributed by atoms with E-state index in [0.29, 0.717) is 6.04 Å². The Kier molecular flexibility index (Phi) is 3.93. The van der Waals surface area contributed by atoms with Crippen LogP contribution in [0.2, 0.25) is 0 Å². The number of hydrogen-bond donors (Lipinski definition) is 2. The number of fused-ring (bicyclic) bond motifs is 1. The third kappa shape index (κ3) is 3.42. The van der Waals surface area contributed by atoms with Crippen LogP contribution in [0.3, 0.4) is 0 Å². The molecule has 1 aliphatic rings. The quantitative estimate of drug-likeness (QED) is 0.884. The third-order valence-corrected chi connectivity index (χ3v) is 4.09. The Morgan fingerprint density at radius 3 is 2.52 bits per heavy atom. The minimum absolute atomic E-state index is 0.102. The molecule has 21 heavy (non-hydrogen) atoms. The van der Waals surface area contributed by atoms with Crippen LogP contribution >= 0.6 is 0 Å². The van der Waals surface area contributed by atoms with Gasteiger partial charge < -0.3 is 5.32 Å². The van der Waals surface area contributed by atoms with Gasteiger partial charge in [-0.15, -0.1) is 0 Å². The van der Waals surface area contributed by atoms with E-state index in [2.05, 4.69) is 54.0 Å². The number of nitrogens with one attached hydrogen (secondary N) is 2. The number of rotatable bonds is 5. The van der Waals surface area contributed by atoms with Crippen LogP contribution in [0.15, 0.2) is 42.5 Å². The molecule has 1 aliphatic carbocycles. The Bertz CT molecular complexity index is 648. The maximum absolute atomic E-state index is 12.0. The lowest BCUT2D eigenvalue weighted by Gasteiger charge is -2.20. The summed E-state index contributed by atoms with van der Waals surface area (Å²) in [5.74, 6) is 0.102. The number of carbonyl (C=O) groups is 1. The Morgan fingerprint density at radius 2 is 1.81 bits per heavy atom. The molecule has 0 saturated heterocycles. The lowest BCUT2D eigenvalue weighted by Crippen LogP contribution is -2.43. The first kappa shape index (κ1) is 14.1. The lowest BCUT2D eigenvalue weighted by molar-refractivity contribution is -0.123. The first-order valence-electron chi connectivity index (χ1n) is 7.68. The van der Waals surface area contributed by atoms with Crippen LogP contribution < -0.4 is 10.6 Å². The van der Waals surface area contributed by atoms with Crippen molar-refractivity contribution in [1.29, 1.82) is 0 Å². The van der Waals surface area contributed by atoms with Crippen LogP contribution in [-0.4, -0.2) is 18.0 Å². The summed E-state index contributed by atoms with van der Waals surface area (Å²) in [7, 11) is 0. The van der Waals surface area contributed by atoms with Gasteiger partial charge in [-0.25, -0.2) is 0 Å². The third-order valence-electron chi connectivity index (χ3n) is 4.09. The highest BCUT2D eigenvalue weighted by Gasteiger charge is 2.26. The first-order chi connectivity index (χ1) is 10.1. The molecule has 2 N–H and O–H groups in total. The van der Waals surface area contributed by atoms with E-state index >= 15 is 0 Å². The fraction of sp³-hybridized carbons (Fsp3) is 0.389. The first-order valence-corrected chi connectivity index (χ1v) is 7.68. The van der Waals surface area contributed by atoms with Crippen molar-refractivity contribution in [1.82, 2.24) is 10.6 Å². The van der Waals surface area contributed by atoms with Gasteiger partial charge in [0.2, 0.25) is 5.91 Å². The van der Waals surface area contributed by atoms with Gasteiger partial charge in [0.15, 0.2) is 0 Å². The van der Waals surface area contributed by atoms with Crippen molar-refractivity contribution in [2.75, 3.05) is 0 Å². The van der Waals surface area contributed by atoms with E-state index < -0.39 is 0 Å². The summed E-state index contributed by atoms with van der Waals surface area (Å²) < 4.78 is 0. The molecular formula is C18H22N2O. The molecule has 3 nitrogen and oxygen atoms in total. The molecule has 1 amide bonds. The summed E-state index contributed by atoms with van der Waals surface area (Å²) in [6, 6.07) is 15.2. The highest BCUT2D eigenvalue weighted by molar-refractivity contribution is 5.83. The molecular weight excluding hydrogens is 260 g/mol. The largest absolute Gasteiger partial charge is 0.352 e. The van der Waals surface area contributed by atoms with Crippen LogP contribution in [-0.2, 0) is 4.79 Å². The van der Waals surface area contributed by atoms with E-state index in [-0.39, 0.29) is 18.0 Å². The van der Waals surface area contributed by atoms with Gasteiger partial charge in [-0.05, 0) is 49.1 Å². The number of amides is 1. The zero-order valence-electron chi connectivity index (χ0n) is 12.6. The molecule has 0 heterocycles. The molecule has 0 bridgehead atoms. The van der Waals surface area contributed by atoms with Crippen LogP contribution in [0.5, 0.6) is 0 Å². The molecule has 2 atom stereocenters. The summed E-state index contributed by atoms with van der Waals surface area (Å²) in [5, 5.41) is 8.90. The molecule has 0 spiro atoms. The summed E-state index contributed by atoms with van der Waals surface area (Å²) in [4.78, 5) is 12.0. The summed E-state index contributed by atoms with van der Waals surface area (Å²) in [6.45, 7) is 4.03. The van der Waals surface area contributed by atoms with Crippen molar-refractivity contribution in [2.24, 2.45) is 0 Å². The number of carbonyl (C=O) groups excluding carboxylic acids is 1. The maximum Gasteiger partial charge on any atom is 0.237 e. The van der Waals surface area contributed by atoms with Crippen molar-refractivity contribution in [3.63, 3.8) is 0 Å². The number of benzene rings is 2. The monoisotopic (exact) mass is 282 g/mol. The average Bonchev–Trinajstić information content (AvgIpc) is 3.30. The fourth-order valence-electron chi connectivity index (χ4n) is 2.58. The average molecular weight is 282 g/mol. The van der Waals surface area contributed by atoms with Crippen molar-refractivity contribution >= 4 is 16.7 Å². The van der Waals surface area contributed by atoms with Crippen LogP contribution in [0.1, 0.15) is 38.3 Å². The van der Waals surface area contributed by atoms with E-state index in [1.807, 2.05) is 13.0 Å². The van der Waals surface area contributed by atoms with Gasteiger partial charge in [-0.3, -0.25) is 10.1 Å². The van der Waals surface area contributed by atoms with Gasteiger partial charge in [0, 0.05) is 12.1 Å². The molecule has 2 aromatic rings. The molecule has 2 aromatic carbocycles. The van der Waals surface area contributed by atoms with E-state index in [9.17, 15) is 4.79 Å². The Morgan fingerprint density at radius 1 is 1.10 bits per heavy atom. The predicted octanol–water partition coefficient (Wildman–Crippen LogP) is 3.16. The van der Waals surface area contributed by atoms with Crippen molar-refractivity contribution in [3.05, 3.63) is 48.0 Å². The Balaban J connectivity index is 1.67. The molecule has 0 aromatic heterocycles. The second-order valence-corrected chi connectivity index (χ2v) is 6.00. The predicted molar refractivity (Wildman–Crippen MR) is 86.1 cm³/mol. The van der Waals surface area contributed by atoms with E-state index in [4.69, 9.17) is 0 Å². The molecule has 3 rings (SSSR count). The van der Waals surface area contributed by atoms with Gasteiger partial charge in [-0.1, -0.05) is 36.4 Å². The second-order valence-electron chi connectivity index (χ2n) is 6.00. The standard InChI is InChI=1S/C18H22N2O/c1-12(19-13(2)18(21)20-17-9-10-17)15-8-7-14-5-3-4-6-16(14)11-15/h3-8,11-13,17,19H,9-10H2,1-2H3,(H,20,21). The zero-order chi connectivity index (χ0) is 14.8. The van der Waals surface area contributed by atoms with Crippen LogP contribution in [0, 0.1) is 0 Å². The van der Waals surface area contributed by atoms with E-state index in [1.165, 1.54) is 16.3 Å². The SMILES string of the molecule is CC(NC(C)c1ccc2ccccc2c1)C(=O)NC1CC1. The normalized spacial score (nSPS) is 17.4. The molecule has 110 valence electrons. The molecule has 2 unspecified atom stereocenters. The lowest BCUT2D eigenvalue weighted by atomic mass is 10.0. The van der Waals surface area contributed by atoms with Crippen molar-refractivity contribution in [3.8, 4) is 0 Å². The molecule has 3 heteroatoms. The van der Waals surface area contributed by atoms with Crippen LogP contribution in [0.4, 0.5) is 0 Å². The maximum atomic E-state index is 12.0. The topological polar surface area (TPSA) is 41.1 Å². The van der Waals surface area contributed by atoms with Crippen molar-refractivity contribution in [2.45, 2.75) is 44.8 Å². The van der Waals surface area contributed by atoms with Gasteiger partial charge >= 0.3 is 0 Å². The van der Waals surface area contributed by atoms with Crippen molar-refractivity contribution < 1.29 is 4.79 Å². The summed E-state index contributed by atoms with van der Waals surface area (Å²) in [6.07, 6.45) is 2.25. The highest BCUT2D eigenvalue weighted by atomic mass is 16.2. The van der Waals surface area contributed by atoms with E-state index in [0.717, 1.165) is 12.8 Å². The second kappa shape index (κ2) is 5.86. The van der Waals surface area contributed by atoms with Gasteiger partial charge in [0.05, 0.1) is 6.04 Å². The minimum atomic E-state index is -0.174.